The molecule has 0 radical (unpaired) electrons. The summed E-state index contributed by atoms with van der Waals surface area (Å²) in [7, 11) is 0. The maximum absolute atomic E-state index is 12.2. The third-order valence-corrected chi connectivity index (χ3v) is 4.44. The number of hydrazone groups is 1. The minimum Gasteiger partial charge on any atom is -0.483 e. The first-order valence-corrected chi connectivity index (χ1v) is 10.1. The Bertz CT molecular complexity index is 1120. The zero-order chi connectivity index (χ0) is 22.8. The zero-order valence-corrected chi connectivity index (χ0v) is 17.8. The molecule has 162 valence electrons. The van der Waals surface area contributed by atoms with Gasteiger partial charge in [-0.3, -0.25) is 4.79 Å². The van der Waals surface area contributed by atoms with Crippen LogP contribution in [0.3, 0.4) is 0 Å². The number of ether oxygens (including phenoxy) is 2. The van der Waals surface area contributed by atoms with Gasteiger partial charge in [-0.05, 0) is 66.9 Å². The van der Waals surface area contributed by atoms with Gasteiger partial charge in [0.05, 0.1) is 11.8 Å². The highest BCUT2D eigenvalue weighted by atomic mass is 16.5. The van der Waals surface area contributed by atoms with Crippen molar-refractivity contribution in [3.8, 4) is 11.5 Å². The number of aryl methyl sites for hydroxylation is 1. The van der Waals surface area contributed by atoms with Crippen LogP contribution in [0.2, 0.25) is 0 Å². The van der Waals surface area contributed by atoms with Gasteiger partial charge in [0.2, 0.25) is 0 Å². The number of nitrogens with one attached hydrogen (secondary N) is 1. The van der Waals surface area contributed by atoms with Gasteiger partial charge in [-0.1, -0.05) is 42.0 Å². The monoisotopic (exact) mass is 428 g/mol. The Kier molecular flexibility index (Phi) is 7.92. The molecule has 1 N–H and O–H groups in total. The molecule has 0 heterocycles. The van der Waals surface area contributed by atoms with E-state index in [0.29, 0.717) is 23.5 Å². The van der Waals surface area contributed by atoms with Crippen LogP contribution in [-0.2, 0) is 11.2 Å². The molecule has 1 amide bonds. The Hall–Kier alpha value is -4.19. The quantitative estimate of drug-likeness (QED) is 0.179. The van der Waals surface area contributed by atoms with Gasteiger partial charge in [-0.15, -0.1) is 6.58 Å². The van der Waals surface area contributed by atoms with Gasteiger partial charge in [-0.25, -0.2) is 10.2 Å². The van der Waals surface area contributed by atoms with Crippen LogP contribution in [0, 0.1) is 6.92 Å². The van der Waals surface area contributed by atoms with Crippen molar-refractivity contribution >= 4 is 18.1 Å². The number of carbonyl (C=O) groups is 2. The number of benzene rings is 3. The van der Waals surface area contributed by atoms with Crippen LogP contribution in [0.15, 0.2) is 90.6 Å². The van der Waals surface area contributed by atoms with Crippen LogP contribution >= 0.6 is 0 Å². The Morgan fingerprint density at radius 2 is 1.81 bits per heavy atom. The summed E-state index contributed by atoms with van der Waals surface area (Å²) in [5.74, 6) is 0.266. The van der Waals surface area contributed by atoms with Gasteiger partial charge in [0.1, 0.15) is 11.5 Å². The van der Waals surface area contributed by atoms with Crippen molar-refractivity contribution in [2.45, 2.75) is 13.3 Å². The SMILES string of the molecule is C=CCc1ccccc1OCC(=O)N/N=C/c1ccc(OC(=O)c2cccc(C)c2)cc1. The van der Waals surface area contributed by atoms with Crippen molar-refractivity contribution in [3.05, 3.63) is 108 Å². The summed E-state index contributed by atoms with van der Waals surface area (Å²) in [5.41, 5.74) is 5.60. The zero-order valence-electron chi connectivity index (χ0n) is 17.8. The van der Waals surface area contributed by atoms with Crippen LogP contribution < -0.4 is 14.9 Å². The van der Waals surface area contributed by atoms with E-state index in [0.717, 1.165) is 16.7 Å². The molecule has 3 aromatic carbocycles. The largest absolute Gasteiger partial charge is 0.483 e. The fourth-order valence-corrected chi connectivity index (χ4v) is 2.88. The van der Waals surface area contributed by atoms with E-state index in [2.05, 4.69) is 17.1 Å². The first-order chi connectivity index (χ1) is 15.5. The Balaban J connectivity index is 1.48. The summed E-state index contributed by atoms with van der Waals surface area (Å²) in [6.07, 6.45) is 3.93. The molecule has 0 aromatic heterocycles. The maximum Gasteiger partial charge on any atom is 0.343 e. The number of esters is 1. The molecule has 0 aliphatic heterocycles. The first kappa shape index (κ1) is 22.5. The van der Waals surface area contributed by atoms with Crippen LogP contribution in [-0.4, -0.2) is 24.7 Å². The van der Waals surface area contributed by atoms with E-state index in [1.54, 1.807) is 42.5 Å². The van der Waals surface area contributed by atoms with E-state index in [1.165, 1.54) is 6.21 Å². The van der Waals surface area contributed by atoms with Gasteiger partial charge in [0.15, 0.2) is 6.61 Å². The van der Waals surface area contributed by atoms with Crippen molar-refractivity contribution in [1.82, 2.24) is 5.43 Å². The second kappa shape index (κ2) is 11.3. The fraction of sp³-hybridized carbons (Fsp3) is 0.115. The lowest BCUT2D eigenvalue weighted by molar-refractivity contribution is -0.123. The van der Waals surface area contributed by atoms with Crippen molar-refractivity contribution in [2.24, 2.45) is 5.10 Å². The molecule has 0 saturated heterocycles. The van der Waals surface area contributed by atoms with Crippen molar-refractivity contribution in [2.75, 3.05) is 6.61 Å². The Morgan fingerprint density at radius 3 is 2.56 bits per heavy atom. The smallest absolute Gasteiger partial charge is 0.343 e. The summed E-state index contributed by atoms with van der Waals surface area (Å²) < 4.78 is 10.9. The molecule has 0 bridgehead atoms. The molecule has 6 heteroatoms. The molecular formula is C26H24N2O4. The van der Waals surface area contributed by atoms with Gasteiger partial charge >= 0.3 is 5.97 Å². The number of carbonyl (C=O) groups excluding carboxylic acids is 2. The van der Waals surface area contributed by atoms with E-state index in [1.807, 2.05) is 43.3 Å². The third kappa shape index (κ3) is 6.67. The summed E-state index contributed by atoms with van der Waals surface area (Å²) >= 11 is 0. The normalized spacial score (nSPS) is 10.5. The van der Waals surface area contributed by atoms with E-state index in [-0.39, 0.29) is 12.5 Å². The summed E-state index contributed by atoms with van der Waals surface area (Å²) in [5, 5.41) is 3.93. The number of allylic oxidation sites excluding steroid dienone is 1. The number of amides is 1. The highest BCUT2D eigenvalue weighted by Crippen LogP contribution is 2.18. The molecule has 0 fully saturated rings. The average molecular weight is 428 g/mol. The standard InChI is InChI=1S/C26H24N2O4/c1-3-7-21-9-4-5-11-24(21)31-18-25(29)28-27-17-20-12-14-23(15-13-20)32-26(30)22-10-6-8-19(2)16-22/h3-6,8-17H,1,7,18H2,2H3,(H,28,29)/b27-17+. The second-order valence-corrected chi connectivity index (χ2v) is 7.01. The number of rotatable bonds is 9. The van der Waals surface area contributed by atoms with E-state index < -0.39 is 5.97 Å². The maximum atomic E-state index is 12.2. The van der Waals surface area contributed by atoms with Crippen molar-refractivity contribution < 1.29 is 19.1 Å². The molecule has 3 aromatic rings. The Labute approximate surface area is 187 Å². The third-order valence-electron chi connectivity index (χ3n) is 4.44. The molecule has 0 aliphatic rings. The van der Waals surface area contributed by atoms with E-state index in [9.17, 15) is 9.59 Å². The molecule has 6 nitrogen and oxygen atoms in total. The van der Waals surface area contributed by atoms with E-state index in [4.69, 9.17) is 9.47 Å². The Morgan fingerprint density at radius 1 is 1.03 bits per heavy atom. The number of nitrogens with zero attached hydrogens (tertiary/aromatic N) is 1. The molecule has 0 spiro atoms. The predicted molar refractivity (Wildman–Crippen MR) is 124 cm³/mol. The number of para-hydroxylation sites is 1. The van der Waals surface area contributed by atoms with Gasteiger partial charge in [0.25, 0.3) is 5.91 Å². The van der Waals surface area contributed by atoms with Crippen LogP contribution in [0.4, 0.5) is 0 Å². The fourth-order valence-electron chi connectivity index (χ4n) is 2.88. The second-order valence-electron chi connectivity index (χ2n) is 7.01. The molecule has 0 atom stereocenters. The average Bonchev–Trinajstić information content (AvgIpc) is 2.80. The van der Waals surface area contributed by atoms with Gasteiger partial charge in [-0.2, -0.15) is 5.10 Å². The lowest BCUT2D eigenvalue weighted by Gasteiger charge is -2.09. The van der Waals surface area contributed by atoms with Gasteiger partial charge in [0, 0.05) is 0 Å². The molecular weight excluding hydrogens is 404 g/mol. The number of hydrogen-bond donors (Lipinski definition) is 1. The van der Waals surface area contributed by atoms with Crippen LogP contribution in [0.5, 0.6) is 11.5 Å². The van der Waals surface area contributed by atoms with Crippen molar-refractivity contribution in [3.63, 3.8) is 0 Å². The first-order valence-electron chi connectivity index (χ1n) is 10.1. The summed E-state index contributed by atoms with van der Waals surface area (Å²) in [6.45, 7) is 5.48. The van der Waals surface area contributed by atoms with Crippen LogP contribution in [0.1, 0.15) is 27.0 Å². The lowest BCUT2D eigenvalue weighted by Crippen LogP contribution is -2.24. The molecule has 0 aliphatic carbocycles. The highest BCUT2D eigenvalue weighted by Gasteiger charge is 2.08. The predicted octanol–water partition coefficient (Wildman–Crippen LogP) is 4.47. The minimum atomic E-state index is -0.419. The summed E-state index contributed by atoms with van der Waals surface area (Å²) in [6, 6.07) is 21.5. The minimum absolute atomic E-state index is 0.153. The van der Waals surface area contributed by atoms with E-state index >= 15 is 0 Å². The highest BCUT2D eigenvalue weighted by molar-refractivity contribution is 5.91. The lowest BCUT2D eigenvalue weighted by atomic mass is 10.1. The molecule has 3 rings (SSSR count). The topological polar surface area (TPSA) is 77.0 Å². The number of hydrogen-bond acceptors (Lipinski definition) is 5. The summed E-state index contributed by atoms with van der Waals surface area (Å²) in [4.78, 5) is 24.2. The molecule has 0 saturated carbocycles. The van der Waals surface area contributed by atoms with Gasteiger partial charge < -0.3 is 9.47 Å². The van der Waals surface area contributed by atoms with Crippen molar-refractivity contribution in [1.29, 1.82) is 0 Å². The molecule has 0 unspecified atom stereocenters. The molecule has 32 heavy (non-hydrogen) atoms. The van der Waals surface area contributed by atoms with Crippen LogP contribution in [0.25, 0.3) is 0 Å².